The maximum absolute atomic E-state index is 11.7. The summed E-state index contributed by atoms with van der Waals surface area (Å²) in [5, 5.41) is 15.5. The molecular formula is C31H38IrNO3-. The number of carbonyl (C=O) groups is 1. The molecule has 2 aromatic carbocycles. The van der Waals surface area contributed by atoms with Gasteiger partial charge in [-0.3, -0.25) is 4.79 Å². The van der Waals surface area contributed by atoms with Crippen molar-refractivity contribution in [3.63, 3.8) is 0 Å². The second kappa shape index (κ2) is 13.2. The Labute approximate surface area is 228 Å². The van der Waals surface area contributed by atoms with Crippen LogP contribution in [0.2, 0.25) is 0 Å². The van der Waals surface area contributed by atoms with Crippen molar-refractivity contribution in [3.8, 4) is 0 Å². The maximum atomic E-state index is 11.7. The fourth-order valence-corrected chi connectivity index (χ4v) is 4.95. The van der Waals surface area contributed by atoms with Crippen LogP contribution in [0, 0.1) is 38.7 Å². The second-order valence-electron chi connectivity index (χ2n) is 9.36. The number of aliphatic hydroxyl groups excluding tert-OH is 1. The van der Waals surface area contributed by atoms with Crippen LogP contribution in [-0.2, 0) is 24.9 Å². The Balaban J connectivity index is 0.000000260. The predicted molar refractivity (Wildman–Crippen MR) is 146 cm³/mol. The summed E-state index contributed by atoms with van der Waals surface area (Å²) in [5.41, 5.74) is 3.39. The van der Waals surface area contributed by atoms with Crippen LogP contribution >= 0.6 is 0 Å². The first kappa shape index (κ1) is 29.7. The van der Waals surface area contributed by atoms with Crippen LogP contribution < -0.4 is 0 Å². The number of aliphatic hydroxyl groups is 1. The SMILES string of the molecule is CCC(CC)C(=O)/C=C(\O)C(CC)CC.Cc1[c-]c2c3ncccc3c3coc(C)c3c2c(C)c1.[Ir]. The molecule has 0 saturated heterocycles. The van der Waals surface area contributed by atoms with Gasteiger partial charge in [-0.05, 0) is 55.0 Å². The molecule has 0 spiro atoms. The van der Waals surface area contributed by atoms with E-state index in [0.717, 1.165) is 58.7 Å². The Morgan fingerprint density at radius 1 is 1.03 bits per heavy atom. The standard InChI is InChI=1S/C18H14NO.C13H24O2.Ir/c1-10-7-11(2)16-14(8-10)18-13(5-4-6-19-18)15-9-20-12(3)17(15)16;1-5-10(6-2)12(14)9-13(15)11(7-3)8-4;/h4-7,9H,1-3H3;9-11,14H,5-8H2,1-4H3;/q-1;;/b;12-9-;. The molecule has 1 N–H and O–H groups in total. The van der Waals surface area contributed by atoms with Crippen LogP contribution in [0.3, 0.4) is 0 Å². The van der Waals surface area contributed by atoms with E-state index in [0.29, 0.717) is 0 Å². The minimum atomic E-state index is 0. The summed E-state index contributed by atoms with van der Waals surface area (Å²) in [5.74, 6) is 1.50. The van der Waals surface area contributed by atoms with Crippen molar-refractivity contribution < 1.29 is 34.4 Å². The molecule has 0 aliphatic carbocycles. The van der Waals surface area contributed by atoms with Crippen molar-refractivity contribution >= 4 is 38.2 Å². The molecule has 5 heteroatoms. The van der Waals surface area contributed by atoms with Crippen molar-refractivity contribution in [2.45, 2.75) is 74.1 Å². The van der Waals surface area contributed by atoms with Gasteiger partial charge in [-0.15, -0.1) is 28.6 Å². The summed E-state index contributed by atoms with van der Waals surface area (Å²) in [6.07, 6.45) is 8.59. The second-order valence-corrected chi connectivity index (χ2v) is 9.36. The number of hydrogen-bond donors (Lipinski definition) is 1. The van der Waals surface area contributed by atoms with Gasteiger partial charge in [0.25, 0.3) is 0 Å². The van der Waals surface area contributed by atoms with E-state index in [1.54, 1.807) is 0 Å². The molecule has 2 aromatic heterocycles. The summed E-state index contributed by atoms with van der Waals surface area (Å²) in [7, 11) is 0. The summed E-state index contributed by atoms with van der Waals surface area (Å²) >= 11 is 0. The zero-order valence-electron chi connectivity index (χ0n) is 22.5. The number of fused-ring (bicyclic) bond motifs is 6. The molecule has 0 fully saturated rings. The van der Waals surface area contributed by atoms with Gasteiger partial charge in [-0.1, -0.05) is 53.0 Å². The van der Waals surface area contributed by atoms with E-state index >= 15 is 0 Å². The van der Waals surface area contributed by atoms with Crippen LogP contribution in [0.5, 0.6) is 0 Å². The van der Waals surface area contributed by atoms with Crippen molar-refractivity contribution in [2.75, 3.05) is 0 Å². The first-order valence-corrected chi connectivity index (χ1v) is 12.8. The van der Waals surface area contributed by atoms with Crippen LogP contribution in [0.4, 0.5) is 0 Å². The Hall–Kier alpha value is -2.49. The number of rotatable bonds is 7. The number of carbonyl (C=O) groups excluding carboxylic acids is 1. The number of nitrogens with zero attached hydrogens (tertiary/aromatic N) is 1. The Morgan fingerprint density at radius 3 is 2.28 bits per heavy atom. The molecule has 4 aromatic rings. The number of aryl methyl sites for hydroxylation is 3. The molecule has 2 heterocycles. The van der Waals surface area contributed by atoms with E-state index in [9.17, 15) is 9.90 Å². The summed E-state index contributed by atoms with van der Waals surface area (Å²) < 4.78 is 5.67. The largest absolute Gasteiger partial charge is 0.512 e. The van der Waals surface area contributed by atoms with E-state index in [4.69, 9.17) is 4.42 Å². The number of benzene rings is 2. The van der Waals surface area contributed by atoms with Gasteiger partial charge >= 0.3 is 0 Å². The minimum Gasteiger partial charge on any atom is -0.512 e. The molecule has 195 valence electrons. The number of ketones is 1. The first-order valence-electron chi connectivity index (χ1n) is 12.8. The van der Waals surface area contributed by atoms with Crippen LogP contribution in [0.1, 0.15) is 70.3 Å². The number of allylic oxidation sites excluding steroid dienone is 2. The molecule has 4 nitrogen and oxygen atoms in total. The number of aromatic nitrogens is 1. The Kier molecular flexibility index (Phi) is 10.9. The molecular weight excluding hydrogens is 627 g/mol. The van der Waals surface area contributed by atoms with E-state index < -0.39 is 0 Å². The van der Waals surface area contributed by atoms with Crippen molar-refractivity contribution in [2.24, 2.45) is 11.8 Å². The molecule has 0 aliphatic heterocycles. The molecule has 0 saturated carbocycles. The third-order valence-electron chi connectivity index (χ3n) is 7.04. The fourth-order valence-electron chi connectivity index (χ4n) is 4.95. The molecule has 0 bridgehead atoms. The quantitative estimate of drug-likeness (QED) is 0.0929. The number of furan rings is 1. The molecule has 4 rings (SSSR count). The Bertz CT molecular complexity index is 1360. The molecule has 1 radical (unpaired) electrons. The smallest absolute Gasteiger partial charge is 0.162 e. The van der Waals surface area contributed by atoms with Gasteiger partial charge < -0.3 is 14.5 Å². The Morgan fingerprint density at radius 2 is 1.67 bits per heavy atom. The zero-order chi connectivity index (χ0) is 25.7. The molecule has 0 amide bonds. The van der Waals surface area contributed by atoms with E-state index in [1.807, 2.05) is 53.1 Å². The van der Waals surface area contributed by atoms with Crippen LogP contribution in [-0.4, -0.2) is 15.9 Å². The number of hydrogen-bond acceptors (Lipinski definition) is 4. The normalized spacial score (nSPS) is 11.8. The maximum Gasteiger partial charge on any atom is 0.162 e. The zero-order valence-corrected chi connectivity index (χ0v) is 24.9. The molecule has 0 atom stereocenters. The van der Waals surface area contributed by atoms with Crippen LogP contribution in [0.25, 0.3) is 32.4 Å². The molecule has 0 aliphatic rings. The average Bonchev–Trinajstić information content (AvgIpc) is 3.22. The third kappa shape index (κ3) is 6.07. The topological polar surface area (TPSA) is 63.3 Å². The van der Waals surface area contributed by atoms with Crippen LogP contribution in [0.15, 0.2) is 46.9 Å². The van der Waals surface area contributed by atoms with Crippen molar-refractivity contribution in [3.05, 3.63) is 65.4 Å². The van der Waals surface area contributed by atoms with E-state index in [2.05, 4.69) is 37.0 Å². The average molecular weight is 665 g/mol. The summed E-state index contributed by atoms with van der Waals surface area (Å²) in [4.78, 5) is 16.3. The predicted octanol–water partition coefficient (Wildman–Crippen LogP) is 8.73. The number of pyridine rings is 1. The van der Waals surface area contributed by atoms with Gasteiger partial charge in [-0.2, -0.15) is 0 Å². The van der Waals surface area contributed by atoms with E-state index in [-0.39, 0.29) is 43.5 Å². The van der Waals surface area contributed by atoms with Gasteiger partial charge in [0.1, 0.15) is 0 Å². The van der Waals surface area contributed by atoms with Gasteiger partial charge in [0.05, 0.1) is 17.8 Å². The third-order valence-corrected chi connectivity index (χ3v) is 7.04. The van der Waals surface area contributed by atoms with Gasteiger partial charge in [0.2, 0.25) is 0 Å². The minimum absolute atomic E-state index is 0. The fraction of sp³-hybridized carbons (Fsp3) is 0.419. The summed E-state index contributed by atoms with van der Waals surface area (Å²) in [6, 6.07) is 9.72. The molecule has 36 heavy (non-hydrogen) atoms. The van der Waals surface area contributed by atoms with E-state index in [1.165, 1.54) is 22.4 Å². The van der Waals surface area contributed by atoms with Gasteiger partial charge in [-0.25, -0.2) is 0 Å². The van der Waals surface area contributed by atoms with Crippen molar-refractivity contribution in [1.82, 2.24) is 4.98 Å². The molecule has 0 unspecified atom stereocenters. The van der Waals surface area contributed by atoms with Gasteiger partial charge in [0.15, 0.2) is 5.78 Å². The monoisotopic (exact) mass is 665 g/mol. The first-order chi connectivity index (χ1) is 16.8. The summed E-state index contributed by atoms with van der Waals surface area (Å²) in [6.45, 7) is 14.3. The van der Waals surface area contributed by atoms with Gasteiger partial charge in [0, 0.05) is 49.6 Å². The van der Waals surface area contributed by atoms with Crippen molar-refractivity contribution in [1.29, 1.82) is 0 Å².